The van der Waals surface area contributed by atoms with Gasteiger partial charge in [0.05, 0.1) is 0 Å². The van der Waals surface area contributed by atoms with E-state index in [0.29, 0.717) is 0 Å². The van der Waals surface area contributed by atoms with Gasteiger partial charge in [-0.05, 0) is 64.1 Å². The summed E-state index contributed by atoms with van der Waals surface area (Å²) < 4.78 is 0. The Kier molecular flexibility index (Phi) is 4.04. The first kappa shape index (κ1) is 11.4. The molecule has 2 aliphatic rings. The van der Waals surface area contributed by atoms with Crippen molar-refractivity contribution in [2.45, 2.75) is 45.1 Å². The maximum atomic E-state index is 3.45. The van der Waals surface area contributed by atoms with Gasteiger partial charge in [0.2, 0.25) is 0 Å². The Labute approximate surface area is 94.4 Å². The highest BCUT2D eigenvalue weighted by atomic mass is 15.1. The Hall–Kier alpha value is -0.0800. The summed E-state index contributed by atoms with van der Waals surface area (Å²) in [5.41, 5.74) is 0. The highest BCUT2D eigenvalue weighted by Gasteiger charge is 2.26. The predicted molar refractivity (Wildman–Crippen MR) is 65.0 cm³/mol. The topological polar surface area (TPSA) is 15.3 Å². The Balaban J connectivity index is 1.73. The summed E-state index contributed by atoms with van der Waals surface area (Å²) in [6.07, 6.45) is 7.07. The lowest BCUT2D eigenvalue weighted by Gasteiger charge is -2.31. The van der Waals surface area contributed by atoms with Crippen LogP contribution in [0, 0.1) is 11.8 Å². The van der Waals surface area contributed by atoms with E-state index in [9.17, 15) is 0 Å². The van der Waals surface area contributed by atoms with Crippen LogP contribution in [0.3, 0.4) is 0 Å². The summed E-state index contributed by atoms with van der Waals surface area (Å²) in [4.78, 5) is 2.64. The van der Waals surface area contributed by atoms with Gasteiger partial charge in [0.25, 0.3) is 0 Å². The molecule has 2 atom stereocenters. The third-order valence-corrected chi connectivity index (χ3v) is 4.30. The molecule has 2 heteroatoms. The fourth-order valence-electron chi connectivity index (χ4n) is 3.20. The molecule has 1 aliphatic carbocycles. The van der Waals surface area contributed by atoms with Gasteiger partial charge in [-0.1, -0.05) is 6.92 Å². The van der Waals surface area contributed by atoms with Crippen LogP contribution in [-0.2, 0) is 0 Å². The van der Waals surface area contributed by atoms with Crippen LogP contribution in [-0.4, -0.2) is 37.6 Å². The molecule has 1 heterocycles. The quantitative estimate of drug-likeness (QED) is 0.767. The molecule has 1 saturated carbocycles. The fraction of sp³-hybridized carbons (Fsp3) is 1.00. The van der Waals surface area contributed by atoms with Gasteiger partial charge in [0, 0.05) is 12.6 Å². The minimum absolute atomic E-state index is 0.884. The van der Waals surface area contributed by atoms with E-state index in [4.69, 9.17) is 0 Å². The molecular formula is C13H26N2. The second kappa shape index (κ2) is 5.31. The number of hydrogen-bond acceptors (Lipinski definition) is 2. The molecule has 0 radical (unpaired) electrons. The van der Waals surface area contributed by atoms with Gasteiger partial charge in [0.1, 0.15) is 0 Å². The van der Waals surface area contributed by atoms with E-state index >= 15 is 0 Å². The third kappa shape index (κ3) is 3.18. The van der Waals surface area contributed by atoms with Crippen molar-refractivity contribution >= 4 is 0 Å². The maximum absolute atomic E-state index is 3.45. The molecule has 0 aromatic carbocycles. The molecule has 2 rings (SSSR count). The van der Waals surface area contributed by atoms with Crippen molar-refractivity contribution in [2.75, 3.05) is 26.7 Å². The molecule has 1 aliphatic heterocycles. The second-order valence-electron chi connectivity index (χ2n) is 5.70. The van der Waals surface area contributed by atoms with Gasteiger partial charge in [0.15, 0.2) is 0 Å². The van der Waals surface area contributed by atoms with E-state index in [2.05, 4.69) is 24.2 Å². The zero-order valence-electron chi connectivity index (χ0n) is 10.3. The number of nitrogens with one attached hydrogen (secondary N) is 1. The zero-order chi connectivity index (χ0) is 10.7. The van der Waals surface area contributed by atoms with E-state index in [1.807, 2.05) is 0 Å². The van der Waals surface area contributed by atoms with Crippen LogP contribution in [0.15, 0.2) is 0 Å². The summed E-state index contributed by atoms with van der Waals surface area (Å²) >= 11 is 0. The molecule has 2 unspecified atom stereocenters. The smallest absolute Gasteiger partial charge is 0.00949 e. The summed E-state index contributed by atoms with van der Waals surface area (Å²) in [7, 11) is 2.34. The first-order chi connectivity index (χ1) is 7.25. The van der Waals surface area contributed by atoms with E-state index in [-0.39, 0.29) is 0 Å². The molecular weight excluding hydrogens is 184 g/mol. The van der Waals surface area contributed by atoms with Crippen molar-refractivity contribution in [3.8, 4) is 0 Å². The molecule has 0 aromatic rings. The van der Waals surface area contributed by atoms with Crippen molar-refractivity contribution in [2.24, 2.45) is 11.8 Å². The molecule has 15 heavy (non-hydrogen) atoms. The summed E-state index contributed by atoms with van der Waals surface area (Å²) in [5.74, 6) is 1.91. The summed E-state index contributed by atoms with van der Waals surface area (Å²) in [6, 6.07) is 0.884. The Morgan fingerprint density at radius 1 is 1.13 bits per heavy atom. The van der Waals surface area contributed by atoms with Crippen LogP contribution in [0.4, 0.5) is 0 Å². The predicted octanol–water partition coefficient (Wildman–Crippen LogP) is 2.11. The van der Waals surface area contributed by atoms with E-state index in [0.717, 1.165) is 17.9 Å². The zero-order valence-corrected chi connectivity index (χ0v) is 10.3. The van der Waals surface area contributed by atoms with E-state index < -0.39 is 0 Å². The number of nitrogens with zero attached hydrogens (tertiary/aromatic N) is 1. The van der Waals surface area contributed by atoms with Crippen molar-refractivity contribution in [1.82, 2.24) is 10.2 Å². The molecule has 2 fully saturated rings. The molecule has 0 amide bonds. The lowest BCUT2D eigenvalue weighted by atomic mass is 9.97. The first-order valence-corrected chi connectivity index (χ1v) is 6.66. The van der Waals surface area contributed by atoms with Gasteiger partial charge in [-0.25, -0.2) is 0 Å². The van der Waals surface area contributed by atoms with Crippen LogP contribution >= 0.6 is 0 Å². The summed E-state index contributed by atoms with van der Waals surface area (Å²) in [6.45, 7) is 6.20. The van der Waals surface area contributed by atoms with Crippen molar-refractivity contribution in [3.05, 3.63) is 0 Å². The molecule has 0 bridgehead atoms. The van der Waals surface area contributed by atoms with Crippen LogP contribution < -0.4 is 5.32 Å². The SMILES string of the molecule is CC1CCC(N(C)CC2CCNCC2)C1. The third-order valence-electron chi connectivity index (χ3n) is 4.30. The van der Waals surface area contributed by atoms with Crippen LogP contribution in [0.5, 0.6) is 0 Å². The monoisotopic (exact) mass is 210 g/mol. The minimum Gasteiger partial charge on any atom is -0.317 e. The second-order valence-corrected chi connectivity index (χ2v) is 5.70. The number of piperidine rings is 1. The van der Waals surface area contributed by atoms with Crippen LogP contribution in [0.2, 0.25) is 0 Å². The van der Waals surface area contributed by atoms with Gasteiger partial charge >= 0.3 is 0 Å². The normalized spacial score (nSPS) is 33.8. The van der Waals surface area contributed by atoms with Gasteiger partial charge in [-0.3, -0.25) is 0 Å². The number of rotatable bonds is 3. The Morgan fingerprint density at radius 2 is 1.87 bits per heavy atom. The average Bonchev–Trinajstić information content (AvgIpc) is 2.66. The molecule has 1 N–H and O–H groups in total. The number of hydrogen-bond donors (Lipinski definition) is 1. The lowest BCUT2D eigenvalue weighted by molar-refractivity contribution is 0.185. The molecule has 0 aromatic heterocycles. The largest absolute Gasteiger partial charge is 0.317 e. The lowest BCUT2D eigenvalue weighted by Crippen LogP contribution is -2.38. The Bertz CT molecular complexity index is 187. The maximum Gasteiger partial charge on any atom is 0.00949 e. The minimum atomic E-state index is 0.884. The van der Waals surface area contributed by atoms with Crippen LogP contribution in [0.1, 0.15) is 39.0 Å². The first-order valence-electron chi connectivity index (χ1n) is 6.66. The van der Waals surface area contributed by atoms with E-state index in [1.54, 1.807) is 0 Å². The van der Waals surface area contributed by atoms with Gasteiger partial charge in [-0.2, -0.15) is 0 Å². The molecule has 2 nitrogen and oxygen atoms in total. The summed E-state index contributed by atoms with van der Waals surface area (Å²) in [5, 5.41) is 3.45. The highest BCUT2D eigenvalue weighted by molar-refractivity contribution is 4.81. The molecule has 0 spiro atoms. The van der Waals surface area contributed by atoms with Crippen molar-refractivity contribution < 1.29 is 0 Å². The molecule has 1 saturated heterocycles. The Morgan fingerprint density at radius 3 is 2.47 bits per heavy atom. The molecule has 88 valence electrons. The van der Waals surface area contributed by atoms with Gasteiger partial charge in [-0.15, -0.1) is 0 Å². The van der Waals surface area contributed by atoms with Crippen molar-refractivity contribution in [1.29, 1.82) is 0 Å². The van der Waals surface area contributed by atoms with Crippen molar-refractivity contribution in [3.63, 3.8) is 0 Å². The highest BCUT2D eigenvalue weighted by Crippen LogP contribution is 2.29. The fourth-order valence-corrected chi connectivity index (χ4v) is 3.20. The average molecular weight is 210 g/mol. The standard InChI is InChI=1S/C13H26N2/c1-11-3-4-13(9-11)15(2)10-12-5-7-14-8-6-12/h11-14H,3-10H2,1-2H3. The van der Waals surface area contributed by atoms with E-state index in [1.165, 1.54) is 51.7 Å². The van der Waals surface area contributed by atoms with Gasteiger partial charge < -0.3 is 10.2 Å². The van der Waals surface area contributed by atoms with Crippen LogP contribution in [0.25, 0.3) is 0 Å².